The molecule has 0 saturated carbocycles. The van der Waals surface area contributed by atoms with Crippen LogP contribution in [0.3, 0.4) is 0 Å². The number of esters is 1. The second kappa shape index (κ2) is 9.70. The topological polar surface area (TPSA) is 90.7 Å². The highest BCUT2D eigenvalue weighted by molar-refractivity contribution is 7.15. The van der Waals surface area contributed by atoms with Gasteiger partial charge in [-0.2, -0.15) is 0 Å². The first-order valence-electron chi connectivity index (χ1n) is 10.3. The third-order valence-electron chi connectivity index (χ3n) is 5.02. The molecule has 0 radical (unpaired) electrons. The number of thiophene rings is 1. The molecule has 0 aliphatic heterocycles. The summed E-state index contributed by atoms with van der Waals surface area (Å²) in [5.41, 5.74) is 3.27. The summed E-state index contributed by atoms with van der Waals surface area (Å²) in [4.78, 5) is 25.9. The Morgan fingerprint density at radius 1 is 1.03 bits per heavy atom. The van der Waals surface area contributed by atoms with E-state index >= 15 is 0 Å². The lowest BCUT2D eigenvalue weighted by molar-refractivity contribution is 0.0603. The van der Waals surface area contributed by atoms with Crippen molar-refractivity contribution in [1.29, 1.82) is 0 Å². The van der Waals surface area contributed by atoms with Gasteiger partial charge < -0.3 is 19.3 Å². The van der Waals surface area contributed by atoms with Crippen LogP contribution in [0.25, 0.3) is 22.4 Å². The van der Waals surface area contributed by atoms with Gasteiger partial charge in [0.2, 0.25) is 0 Å². The standard InChI is InChI=1S/C25H22N2O5S/c1-4-31-18-12-10-16(11-13-18)19-14-33-24(21(19)25(29)30-3)26-23(28)20-15(2)32-27-22(20)17-8-6-5-7-9-17/h5-14H,4H2,1-3H3,(H,26,28). The number of hydrogen-bond acceptors (Lipinski definition) is 7. The zero-order chi connectivity index (χ0) is 23.4. The lowest BCUT2D eigenvalue weighted by Gasteiger charge is -2.09. The minimum Gasteiger partial charge on any atom is -0.494 e. The molecule has 33 heavy (non-hydrogen) atoms. The van der Waals surface area contributed by atoms with Gasteiger partial charge in [-0.3, -0.25) is 4.79 Å². The molecule has 1 amide bonds. The first-order chi connectivity index (χ1) is 16.0. The minimum atomic E-state index is -0.541. The molecular weight excluding hydrogens is 440 g/mol. The third-order valence-corrected chi connectivity index (χ3v) is 5.92. The quantitative estimate of drug-likeness (QED) is 0.348. The molecule has 0 atom stereocenters. The number of anilines is 1. The van der Waals surface area contributed by atoms with E-state index in [9.17, 15) is 9.59 Å². The number of carbonyl (C=O) groups excluding carboxylic acids is 2. The van der Waals surface area contributed by atoms with Crippen molar-refractivity contribution in [2.45, 2.75) is 13.8 Å². The molecule has 1 N–H and O–H groups in total. The van der Waals surface area contributed by atoms with E-state index in [4.69, 9.17) is 14.0 Å². The van der Waals surface area contributed by atoms with Crippen LogP contribution < -0.4 is 10.1 Å². The summed E-state index contributed by atoms with van der Waals surface area (Å²) in [6.45, 7) is 4.15. The normalized spacial score (nSPS) is 10.6. The summed E-state index contributed by atoms with van der Waals surface area (Å²) in [5, 5.41) is 9.12. The molecule has 0 spiro atoms. The molecule has 2 aromatic heterocycles. The van der Waals surface area contributed by atoms with Crippen LogP contribution in [-0.4, -0.2) is 30.7 Å². The van der Waals surface area contributed by atoms with Gasteiger partial charge in [0.25, 0.3) is 5.91 Å². The van der Waals surface area contributed by atoms with E-state index in [1.807, 2.05) is 66.9 Å². The lowest BCUT2D eigenvalue weighted by Crippen LogP contribution is -2.15. The van der Waals surface area contributed by atoms with E-state index in [0.29, 0.717) is 34.2 Å². The fourth-order valence-electron chi connectivity index (χ4n) is 3.46. The fraction of sp³-hybridized carbons (Fsp3) is 0.160. The molecule has 0 aliphatic rings. The second-order valence-corrected chi connectivity index (χ2v) is 7.96. The maximum atomic E-state index is 13.2. The molecule has 168 valence electrons. The number of hydrogen-bond donors (Lipinski definition) is 1. The van der Waals surface area contributed by atoms with Crippen molar-refractivity contribution < 1.29 is 23.6 Å². The van der Waals surface area contributed by atoms with Crippen molar-refractivity contribution in [3.05, 3.63) is 76.9 Å². The van der Waals surface area contributed by atoms with Crippen molar-refractivity contribution in [2.75, 3.05) is 19.0 Å². The van der Waals surface area contributed by atoms with E-state index in [-0.39, 0.29) is 5.56 Å². The molecule has 0 bridgehead atoms. The molecule has 0 saturated heterocycles. The van der Waals surface area contributed by atoms with Gasteiger partial charge in [0, 0.05) is 16.5 Å². The molecule has 4 aromatic rings. The maximum Gasteiger partial charge on any atom is 0.341 e. The highest BCUT2D eigenvalue weighted by Crippen LogP contribution is 2.37. The lowest BCUT2D eigenvalue weighted by atomic mass is 10.0. The minimum absolute atomic E-state index is 0.287. The first-order valence-corrected chi connectivity index (χ1v) is 11.2. The van der Waals surface area contributed by atoms with Crippen LogP contribution in [0, 0.1) is 6.92 Å². The van der Waals surface area contributed by atoms with Crippen LogP contribution >= 0.6 is 11.3 Å². The van der Waals surface area contributed by atoms with Crippen LogP contribution in [0.2, 0.25) is 0 Å². The zero-order valence-electron chi connectivity index (χ0n) is 18.4. The summed E-state index contributed by atoms with van der Waals surface area (Å²) in [6.07, 6.45) is 0. The van der Waals surface area contributed by atoms with Gasteiger partial charge in [-0.1, -0.05) is 47.6 Å². The molecular formula is C25H22N2O5S. The van der Waals surface area contributed by atoms with Gasteiger partial charge in [-0.25, -0.2) is 4.79 Å². The monoisotopic (exact) mass is 462 g/mol. The van der Waals surface area contributed by atoms with Crippen LogP contribution in [0.4, 0.5) is 5.00 Å². The summed E-state index contributed by atoms with van der Waals surface area (Å²) in [6, 6.07) is 16.7. The van der Waals surface area contributed by atoms with Gasteiger partial charge in [0.15, 0.2) is 0 Å². The Hall–Kier alpha value is -3.91. The summed E-state index contributed by atoms with van der Waals surface area (Å²) in [5.74, 6) is 0.161. The highest BCUT2D eigenvalue weighted by atomic mass is 32.1. The van der Waals surface area contributed by atoms with Gasteiger partial charge in [-0.05, 0) is 31.5 Å². The molecule has 4 rings (SSSR count). The predicted octanol–water partition coefficient (Wildman–Crippen LogP) is 5.82. The van der Waals surface area contributed by atoms with Crippen molar-refractivity contribution in [3.63, 3.8) is 0 Å². The van der Waals surface area contributed by atoms with E-state index in [2.05, 4.69) is 10.5 Å². The van der Waals surface area contributed by atoms with E-state index < -0.39 is 11.9 Å². The van der Waals surface area contributed by atoms with Crippen molar-refractivity contribution in [3.8, 4) is 28.1 Å². The van der Waals surface area contributed by atoms with Crippen molar-refractivity contribution in [1.82, 2.24) is 5.16 Å². The largest absolute Gasteiger partial charge is 0.494 e. The van der Waals surface area contributed by atoms with E-state index in [0.717, 1.165) is 16.9 Å². The molecule has 0 aliphatic carbocycles. The van der Waals surface area contributed by atoms with Crippen LogP contribution in [0.1, 0.15) is 33.4 Å². The number of methoxy groups -OCH3 is 1. The van der Waals surface area contributed by atoms with E-state index in [1.165, 1.54) is 18.4 Å². The van der Waals surface area contributed by atoms with Crippen LogP contribution in [-0.2, 0) is 4.74 Å². The molecule has 2 heterocycles. The Balaban J connectivity index is 1.69. The Labute approximate surface area is 194 Å². The number of amides is 1. The molecule has 0 fully saturated rings. The van der Waals surface area contributed by atoms with Crippen LogP contribution in [0.15, 0.2) is 64.5 Å². The number of carbonyl (C=O) groups is 2. The van der Waals surface area contributed by atoms with Crippen LogP contribution in [0.5, 0.6) is 5.75 Å². The summed E-state index contributed by atoms with van der Waals surface area (Å²) in [7, 11) is 1.31. The number of nitrogens with zero attached hydrogens (tertiary/aromatic N) is 1. The van der Waals surface area contributed by atoms with Crippen molar-refractivity contribution in [2.24, 2.45) is 0 Å². The number of rotatable bonds is 7. The highest BCUT2D eigenvalue weighted by Gasteiger charge is 2.26. The average Bonchev–Trinajstić information content (AvgIpc) is 3.43. The Morgan fingerprint density at radius 2 is 1.76 bits per heavy atom. The SMILES string of the molecule is CCOc1ccc(-c2csc(NC(=O)c3c(-c4ccccc4)noc3C)c2C(=O)OC)cc1. The van der Waals surface area contributed by atoms with Gasteiger partial charge in [0.05, 0.1) is 13.7 Å². The smallest absolute Gasteiger partial charge is 0.341 e. The number of ether oxygens (including phenoxy) is 2. The molecule has 7 nitrogen and oxygen atoms in total. The van der Waals surface area contributed by atoms with Crippen molar-refractivity contribution >= 4 is 28.2 Å². The summed E-state index contributed by atoms with van der Waals surface area (Å²) < 4.78 is 15.8. The van der Waals surface area contributed by atoms with Gasteiger partial charge >= 0.3 is 5.97 Å². The van der Waals surface area contributed by atoms with E-state index in [1.54, 1.807) is 6.92 Å². The number of aromatic nitrogens is 1. The number of benzene rings is 2. The summed E-state index contributed by atoms with van der Waals surface area (Å²) >= 11 is 1.25. The Kier molecular flexibility index (Phi) is 6.55. The van der Waals surface area contributed by atoms with Gasteiger partial charge in [-0.15, -0.1) is 11.3 Å². The average molecular weight is 463 g/mol. The maximum absolute atomic E-state index is 13.2. The zero-order valence-corrected chi connectivity index (χ0v) is 19.2. The fourth-order valence-corrected chi connectivity index (χ4v) is 4.42. The first kappa shape index (κ1) is 22.3. The molecule has 8 heteroatoms. The third kappa shape index (κ3) is 4.51. The predicted molar refractivity (Wildman–Crippen MR) is 127 cm³/mol. The molecule has 0 unspecified atom stereocenters. The molecule has 2 aromatic carbocycles. The number of nitrogens with one attached hydrogen (secondary N) is 1. The second-order valence-electron chi connectivity index (χ2n) is 7.08. The Morgan fingerprint density at radius 3 is 2.42 bits per heavy atom. The van der Waals surface area contributed by atoms with Gasteiger partial charge in [0.1, 0.15) is 33.3 Å². The number of aryl methyl sites for hydroxylation is 1. The Bertz CT molecular complexity index is 1280.